The van der Waals surface area contributed by atoms with E-state index >= 15 is 0 Å². The highest BCUT2D eigenvalue weighted by atomic mass is 16.2. The van der Waals surface area contributed by atoms with Crippen LogP contribution in [0.2, 0.25) is 0 Å². The summed E-state index contributed by atoms with van der Waals surface area (Å²) in [4.78, 5) is 16.1. The first-order valence-electron chi connectivity index (χ1n) is 6.26. The van der Waals surface area contributed by atoms with Gasteiger partial charge in [0.2, 0.25) is 5.91 Å². The Morgan fingerprint density at radius 2 is 2.12 bits per heavy atom. The van der Waals surface area contributed by atoms with Gasteiger partial charge in [-0.1, -0.05) is 6.92 Å². The predicted octanol–water partition coefficient (Wildman–Crippen LogP) is 0.524. The van der Waals surface area contributed by atoms with Gasteiger partial charge in [-0.15, -0.1) is 0 Å². The van der Waals surface area contributed by atoms with Crippen molar-refractivity contribution >= 4 is 5.91 Å². The summed E-state index contributed by atoms with van der Waals surface area (Å²) >= 11 is 0. The van der Waals surface area contributed by atoms with E-state index in [2.05, 4.69) is 18.7 Å². The third-order valence-corrected chi connectivity index (χ3v) is 3.08. The minimum atomic E-state index is 0.261. The van der Waals surface area contributed by atoms with E-state index in [1.807, 2.05) is 11.9 Å². The van der Waals surface area contributed by atoms with Crippen LogP contribution >= 0.6 is 0 Å². The molecule has 0 spiro atoms. The molecule has 1 fully saturated rings. The molecule has 0 saturated heterocycles. The van der Waals surface area contributed by atoms with Crippen molar-refractivity contribution in [1.82, 2.24) is 9.80 Å². The minimum absolute atomic E-state index is 0.261. The fraction of sp³-hybridized carbons (Fsp3) is 0.917. The summed E-state index contributed by atoms with van der Waals surface area (Å²) in [5.41, 5.74) is 5.57. The Balaban J connectivity index is 2.31. The van der Waals surface area contributed by atoms with Crippen molar-refractivity contribution in [1.29, 1.82) is 0 Å². The van der Waals surface area contributed by atoms with Gasteiger partial charge in [-0.3, -0.25) is 9.69 Å². The Kier molecular flexibility index (Phi) is 5.22. The maximum atomic E-state index is 12.0. The van der Waals surface area contributed by atoms with E-state index in [1.54, 1.807) is 0 Å². The van der Waals surface area contributed by atoms with Crippen LogP contribution in [0.1, 0.15) is 26.7 Å². The number of amides is 1. The maximum Gasteiger partial charge on any atom is 0.236 e. The number of carbonyl (C=O) groups excluding carboxylic acids is 1. The van der Waals surface area contributed by atoms with Crippen LogP contribution in [0, 0.1) is 5.92 Å². The highest BCUT2D eigenvalue weighted by Crippen LogP contribution is 2.26. The first kappa shape index (κ1) is 13.5. The van der Waals surface area contributed by atoms with Crippen LogP contribution < -0.4 is 5.73 Å². The molecule has 0 radical (unpaired) electrons. The van der Waals surface area contributed by atoms with Gasteiger partial charge in [0.25, 0.3) is 0 Å². The maximum absolute atomic E-state index is 12.0. The van der Waals surface area contributed by atoms with Crippen molar-refractivity contribution < 1.29 is 4.79 Å². The van der Waals surface area contributed by atoms with Gasteiger partial charge in [-0.25, -0.2) is 0 Å². The lowest BCUT2D eigenvalue weighted by molar-refractivity contribution is -0.132. The van der Waals surface area contributed by atoms with Gasteiger partial charge in [-0.2, -0.15) is 0 Å². The second-order valence-electron chi connectivity index (χ2n) is 4.95. The van der Waals surface area contributed by atoms with Gasteiger partial charge in [0.05, 0.1) is 6.54 Å². The van der Waals surface area contributed by atoms with E-state index in [9.17, 15) is 4.79 Å². The zero-order valence-corrected chi connectivity index (χ0v) is 10.8. The number of rotatable bonds is 7. The number of nitrogens with zero attached hydrogens (tertiary/aromatic N) is 2. The van der Waals surface area contributed by atoms with Crippen LogP contribution in [-0.4, -0.2) is 55.0 Å². The largest absolute Gasteiger partial charge is 0.339 e. The molecule has 4 nitrogen and oxygen atoms in total. The van der Waals surface area contributed by atoms with Gasteiger partial charge in [0, 0.05) is 19.1 Å². The number of carbonyl (C=O) groups is 1. The fourth-order valence-corrected chi connectivity index (χ4v) is 2.02. The molecule has 1 atom stereocenters. The Hall–Kier alpha value is -0.610. The molecule has 1 aliphatic rings. The van der Waals surface area contributed by atoms with Gasteiger partial charge in [0.1, 0.15) is 0 Å². The summed E-state index contributed by atoms with van der Waals surface area (Å²) in [6.07, 6.45) is 2.37. The summed E-state index contributed by atoms with van der Waals surface area (Å²) in [5.74, 6) is 0.713. The average Bonchev–Trinajstić information content (AvgIpc) is 3.02. The van der Waals surface area contributed by atoms with Crippen molar-refractivity contribution in [3.8, 4) is 0 Å². The van der Waals surface area contributed by atoms with Crippen LogP contribution in [0.5, 0.6) is 0 Å². The molecule has 1 aliphatic carbocycles. The second kappa shape index (κ2) is 6.21. The van der Waals surface area contributed by atoms with Crippen LogP contribution in [0.4, 0.5) is 0 Å². The van der Waals surface area contributed by atoms with E-state index in [1.165, 1.54) is 12.8 Å². The van der Waals surface area contributed by atoms with Crippen LogP contribution in [0.3, 0.4) is 0 Å². The lowest BCUT2D eigenvalue weighted by atomic mass is 10.2. The van der Waals surface area contributed by atoms with Gasteiger partial charge in [-0.05, 0) is 39.3 Å². The molecule has 0 aromatic rings. The molecular formula is C12H25N3O. The molecule has 1 rings (SSSR count). The molecule has 2 N–H and O–H groups in total. The smallest absolute Gasteiger partial charge is 0.236 e. The zero-order chi connectivity index (χ0) is 12.1. The highest BCUT2D eigenvalue weighted by molar-refractivity contribution is 5.78. The first-order valence-corrected chi connectivity index (χ1v) is 6.26. The van der Waals surface area contributed by atoms with Crippen LogP contribution in [-0.2, 0) is 4.79 Å². The molecule has 0 aliphatic heterocycles. The summed E-state index contributed by atoms with van der Waals surface area (Å²) in [7, 11) is 1.99. The SMILES string of the molecule is CCN(C(=O)CN(C)CC(C)CN)C1CC1. The average molecular weight is 227 g/mol. The first-order chi connectivity index (χ1) is 7.58. The van der Waals surface area contributed by atoms with Crippen LogP contribution in [0.25, 0.3) is 0 Å². The van der Waals surface area contributed by atoms with E-state index in [4.69, 9.17) is 5.73 Å². The van der Waals surface area contributed by atoms with Gasteiger partial charge in [0.15, 0.2) is 0 Å². The van der Waals surface area contributed by atoms with E-state index < -0.39 is 0 Å². The molecule has 1 saturated carbocycles. The van der Waals surface area contributed by atoms with E-state index in [-0.39, 0.29) is 5.91 Å². The van der Waals surface area contributed by atoms with Gasteiger partial charge < -0.3 is 10.6 Å². The van der Waals surface area contributed by atoms with Crippen molar-refractivity contribution in [3.63, 3.8) is 0 Å². The number of hydrogen-bond donors (Lipinski definition) is 1. The van der Waals surface area contributed by atoms with Gasteiger partial charge >= 0.3 is 0 Å². The third-order valence-electron chi connectivity index (χ3n) is 3.08. The van der Waals surface area contributed by atoms with Crippen LogP contribution in [0.15, 0.2) is 0 Å². The molecule has 1 amide bonds. The second-order valence-corrected chi connectivity index (χ2v) is 4.95. The van der Waals surface area contributed by atoms with Crippen molar-refractivity contribution in [2.45, 2.75) is 32.7 Å². The molecule has 0 aromatic carbocycles. The monoisotopic (exact) mass is 227 g/mol. The summed E-state index contributed by atoms with van der Waals surface area (Å²) < 4.78 is 0. The normalized spacial score (nSPS) is 17.6. The van der Waals surface area contributed by atoms with Crippen molar-refractivity contribution in [2.75, 3.05) is 33.2 Å². The topological polar surface area (TPSA) is 49.6 Å². The minimum Gasteiger partial charge on any atom is -0.339 e. The summed E-state index contributed by atoms with van der Waals surface area (Å²) in [6, 6.07) is 0.526. The van der Waals surface area contributed by atoms with E-state index in [0.717, 1.165) is 13.1 Å². The lowest BCUT2D eigenvalue weighted by Gasteiger charge is -2.25. The third kappa shape index (κ3) is 4.10. The van der Waals surface area contributed by atoms with Crippen molar-refractivity contribution in [3.05, 3.63) is 0 Å². The summed E-state index contributed by atoms with van der Waals surface area (Å²) in [6.45, 7) is 7.10. The Bertz CT molecular complexity index is 228. The molecule has 1 unspecified atom stereocenters. The van der Waals surface area contributed by atoms with Crippen molar-refractivity contribution in [2.24, 2.45) is 11.7 Å². The summed E-state index contributed by atoms with van der Waals surface area (Å²) in [5, 5.41) is 0. The Labute approximate surface area is 98.8 Å². The predicted molar refractivity (Wildman–Crippen MR) is 66.1 cm³/mol. The number of likely N-dealkylation sites (N-methyl/N-ethyl adjacent to an activating group) is 2. The molecule has 94 valence electrons. The molecule has 4 heteroatoms. The molecule has 0 bridgehead atoms. The molecule has 0 heterocycles. The number of hydrogen-bond acceptors (Lipinski definition) is 3. The zero-order valence-electron chi connectivity index (χ0n) is 10.8. The Morgan fingerprint density at radius 3 is 2.56 bits per heavy atom. The Morgan fingerprint density at radius 1 is 1.50 bits per heavy atom. The lowest BCUT2D eigenvalue weighted by Crippen LogP contribution is -2.41. The fourth-order valence-electron chi connectivity index (χ4n) is 2.02. The molecule has 16 heavy (non-hydrogen) atoms. The van der Waals surface area contributed by atoms with E-state index in [0.29, 0.717) is 25.0 Å². The molecular weight excluding hydrogens is 202 g/mol. The highest BCUT2D eigenvalue weighted by Gasteiger charge is 2.31. The number of nitrogens with two attached hydrogens (primary N) is 1. The quantitative estimate of drug-likeness (QED) is 0.690. The molecule has 0 aromatic heterocycles. The standard InChI is InChI=1S/C12H25N3O/c1-4-15(11-5-6-11)12(16)9-14(3)8-10(2)7-13/h10-11H,4-9,13H2,1-3H3.